The molecule has 1 aliphatic carbocycles. The number of hydrogen-bond acceptors (Lipinski definition) is 3. The average Bonchev–Trinajstić information content (AvgIpc) is 2.31. The Bertz CT molecular complexity index is 425. The zero-order chi connectivity index (χ0) is 11.4. The van der Waals surface area contributed by atoms with Crippen LogP contribution in [-0.2, 0) is 0 Å². The molecule has 0 bridgehead atoms. The molecule has 4 heteroatoms. The van der Waals surface area contributed by atoms with Crippen molar-refractivity contribution < 1.29 is 9.66 Å². The van der Waals surface area contributed by atoms with Gasteiger partial charge in [0.15, 0.2) is 0 Å². The quantitative estimate of drug-likeness (QED) is 0.338. The molecule has 0 radical (unpaired) electrons. The van der Waals surface area contributed by atoms with E-state index in [0.717, 1.165) is 0 Å². The second kappa shape index (κ2) is 4.18. The summed E-state index contributed by atoms with van der Waals surface area (Å²) in [5.74, 6) is 0.482. The molecule has 0 amide bonds. The van der Waals surface area contributed by atoms with Crippen LogP contribution in [0.3, 0.4) is 0 Å². The highest BCUT2D eigenvalue weighted by Crippen LogP contribution is 2.24. The van der Waals surface area contributed by atoms with Crippen molar-refractivity contribution in [2.75, 3.05) is 0 Å². The van der Waals surface area contributed by atoms with Crippen LogP contribution in [0.1, 0.15) is 6.42 Å². The van der Waals surface area contributed by atoms with Crippen molar-refractivity contribution in [3.8, 4) is 5.75 Å². The zero-order valence-corrected chi connectivity index (χ0v) is 8.58. The predicted octanol–water partition coefficient (Wildman–Crippen LogP) is 2.55. The SMILES string of the molecule is O=[N+]([O-])C1(Oc2ccccc2)C=CCC=C1. The van der Waals surface area contributed by atoms with E-state index >= 15 is 0 Å². The molecule has 0 fully saturated rings. The molecular weight excluding hydrogens is 206 g/mol. The summed E-state index contributed by atoms with van der Waals surface area (Å²) in [5, 5.41) is 11.1. The lowest BCUT2D eigenvalue weighted by Crippen LogP contribution is -2.41. The minimum absolute atomic E-state index is 0.438. The lowest BCUT2D eigenvalue weighted by molar-refractivity contribution is -0.583. The van der Waals surface area contributed by atoms with Crippen LogP contribution in [-0.4, -0.2) is 10.6 Å². The van der Waals surface area contributed by atoms with E-state index in [1.807, 2.05) is 6.07 Å². The molecule has 82 valence electrons. The lowest BCUT2D eigenvalue weighted by atomic mass is 10.1. The first-order valence-electron chi connectivity index (χ1n) is 4.97. The molecule has 16 heavy (non-hydrogen) atoms. The van der Waals surface area contributed by atoms with E-state index in [2.05, 4.69) is 0 Å². The Morgan fingerprint density at radius 3 is 2.38 bits per heavy atom. The molecular formula is C12H11NO3. The molecule has 0 N–H and O–H groups in total. The molecule has 0 aromatic heterocycles. The third-order valence-electron chi connectivity index (χ3n) is 2.30. The number of nitrogens with zero attached hydrogens (tertiary/aromatic N) is 1. The first kappa shape index (κ1) is 10.4. The molecule has 0 heterocycles. The molecule has 0 spiro atoms. The molecule has 0 unspecified atom stereocenters. The maximum absolute atomic E-state index is 11.1. The maximum Gasteiger partial charge on any atom is 0.403 e. The van der Waals surface area contributed by atoms with Crippen LogP contribution < -0.4 is 4.74 Å². The molecule has 0 atom stereocenters. The number of nitro groups is 1. The summed E-state index contributed by atoms with van der Waals surface area (Å²) >= 11 is 0. The second-order valence-electron chi connectivity index (χ2n) is 3.46. The Hall–Kier alpha value is -2.10. The van der Waals surface area contributed by atoms with Crippen LogP contribution in [0.25, 0.3) is 0 Å². The second-order valence-corrected chi connectivity index (χ2v) is 3.46. The van der Waals surface area contributed by atoms with Crippen LogP contribution in [0.4, 0.5) is 0 Å². The number of para-hydroxylation sites is 1. The van der Waals surface area contributed by atoms with Crippen molar-refractivity contribution in [1.29, 1.82) is 0 Å². The average molecular weight is 217 g/mol. The first-order valence-corrected chi connectivity index (χ1v) is 4.97. The third-order valence-corrected chi connectivity index (χ3v) is 2.30. The summed E-state index contributed by atoms with van der Waals surface area (Å²) < 4.78 is 5.43. The molecule has 0 aliphatic heterocycles. The zero-order valence-electron chi connectivity index (χ0n) is 8.58. The normalized spacial score (nSPS) is 17.0. The summed E-state index contributed by atoms with van der Waals surface area (Å²) in [7, 11) is 0. The van der Waals surface area contributed by atoms with Crippen molar-refractivity contribution in [2.24, 2.45) is 0 Å². The number of rotatable bonds is 3. The van der Waals surface area contributed by atoms with Gasteiger partial charge in [0, 0.05) is 12.2 Å². The van der Waals surface area contributed by atoms with Crippen molar-refractivity contribution in [3.63, 3.8) is 0 Å². The van der Waals surface area contributed by atoms with Gasteiger partial charge in [0.05, 0.1) is 4.92 Å². The molecule has 0 saturated heterocycles. The Morgan fingerprint density at radius 2 is 1.81 bits per heavy atom. The van der Waals surface area contributed by atoms with E-state index in [-0.39, 0.29) is 0 Å². The largest absolute Gasteiger partial charge is 0.422 e. The fourth-order valence-corrected chi connectivity index (χ4v) is 1.51. The van der Waals surface area contributed by atoms with Crippen LogP contribution >= 0.6 is 0 Å². The van der Waals surface area contributed by atoms with E-state index in [1.54, 1.807) is 36.4 Å². The molecule has 0 saturated carbocycles. The smallest absolute Gasteiger partial charge is 0.403 e. The molecule has 4 nitrogen and oxygen atoms in total. The number of hydrogen-bond donors (Lipinski definition) is 0. The van der Waals surface area contributed by atoms with Gasteiger partial charge in [-0.1, -0.05) is 30.4 Å². The van der Waals surface area contributed by atoms with Crippen molar-refractivity contribution in [1.82, 2.24) is 0 Å². The Kier molecular flexibility index (Phi) is 2.72. The summed E-state index contributed by atoms with van der Waals surface area (Å²) in [6.07, 6.45) is 7.10. The minimum atomic E-state index is -1.56. The summed E-state index contributed by atoms with van der Waals surface area (Å²) in [5.41, 5.74) is -1.56. The van der Waals surface area contributed by atoms with Gasteiger partial charge in [0.25, 0.3) is 0 Å². The molecule has 1 aromatic rings. The third kappa shape index (κ3) is 1.95. The topological polar surface area (TPSA) is 52.4 Å². The van der Waals surface area contributed by atoms with E-state index in [0.29, 0.717) is 12.2 Å². The highest BCUT2D eigenvalue weighted by atomic mass is 16.7. The standard InChI is InChI=1S/C12H11NO3/c14-13(15)12(9-5-2-6-10-12)16-11-7-3-1-4-8-11/h1,3-10H,2H2. The minimum Gasteiger partial charge on any atom is -0.422 e. The van der Waals surface area contributed by atoms with Crippen LogP contribution in [0.5, 0.6) is 5.75 Å². The van der Waals surface area contributed by atoms with Gasteiger partial charge in [-0.15, -0.1) is 0 Å². The van der Waals surface area contributed by atoms with Gasteiger partial charge < -0.3 is 4.74 Å². The predicted molar refractivity (Wildman–Crippen MR) is 59.7 cm³/mol. The highest BCUT2D eigenvalue weighted by Gasteiger charge is 2.40. The molecule has 2 rings (SSSR count). The van der Waals surface area contributed by atoms with Crippen LogP contribution in [0.2, 0.25) is 0 Å². The van der Waals surface area contributed by atoms with E-state index in [9.17, 15) is 10.1 Å². The Morgan fingerprint density at radius 1 is 1.19 bits per heavy atom. The van der Waals surface area contributed by atoms with Crippen LogP contribution in [0.15, 0.2) is 54.6 Å². The van der Waals surface area contributed by atoms with E-state index in [4.69, 9.17) is 4.74 Å². The fraction of sp³-hybridized carbons (Fsp3) is 0.167. The number of ether oxygens (including phenoxy) is 1. The number of allylic oxidation sites excluding steroid dienone is 2. The molecule has 1 aliphatic rings. The van der Waals surface area contributed by atoms with Crippen molar-refractivity contribution >= 4 is 0 Å². The maximum atomic E-state index is 11.1. The summed E-state index contributed by atoms with van der Waals surface area (Å²) in [4.78, 5) is 10.6. The summed E-state index contributed by atoms with van der Waals surface area (Å²) in [6, 6.07) is 8.78. The highest BCUT2D eigenvalue weighted by molar-refractivity contribution is 5.25. The van der Waals surface area contributed by atoms with Gasteiger partial charge >= 0.3 is 5.72 Å². The van der Waals surface area contributed by atoms with Crippen molar-refractivity contribution in [3.05, 3.63) is 64.8 Å². The van der Waals surface area contributed by atoms with Gasteiger partial charge in [-0.05, 0) is 18.6 Å². The van der Waals surface area contributed by atoms with Gasteiger partial charge in [0.1, 0.15) is 5.75 Å². The van der Waals surface area contributed by atoms with Crippen LogP contribution in [0, 0.1) is 10.1 Å². The lowest BCUT2D eigenvalue weighted by Gasteiger charge is -2.21. The number of benzene rings is 1. The van der Waals surface area contributed by atoms with E-state index < -0.39 is 10.6 Å². The van der Waals surface area contributed by atoms with Gasteiger partial charge in [-0.25, -0.2) is 0 Å². The molecule has 1 aromatic carbocycles. The Balaban J connectivity index is 2.28. The van der Waals surface area contributed by atoms with Gasteiger partial charge in [0.2, 0.25) is 0 Å². The Labute approximate surface area is 93.0 Å². The first-order chi connectivity index (χ1) is 7.73. The van der Waals surface area contributed by atoms with Gasteiger partial charge in [-0.2, -0.15) is 0 Å². The monoisotopic (exact) mass is 217 g/mol. The fourth-order valence-electron chi connectivity index (χ4n) is 1.51. The van der Waals surface area contributed by atoms with Gasteiger partial charge in [-0.3, -0.25) is 10.1 Å². The summed E-state index contributed by atoms with van der Waals surface area (Å²) in [6.45, 7) is 0. The van der Waals surface area contributed by atoms with E-state index in [1.165, 1.54) is 12.2 Å². The van der Waals surface area contributed by atoms with Crippen molar-refractivity contribution in [2.45, 2.75) is 12.1 Å².